The second-order valence-corrected chi connectivity index (χ2v) is 6.40. The number of carbonyl (C=O) groups is 1. The normalized spacial score (nSPS) is 16.8. The zero-order valence-corrected chi connectivity index (χ0v) is 13.9. The lowest BCUT2D eigenvalue weighted by molar-refractivity contribution is -0.0379. The molecule has 1 aliphatic rings. The Balaban J connectivity index is 1.91. The van der Waals surface area contributed by atoms with Crippen molar-refractivity contribution in [3.05, 3.63) is 70.2 Å². The second-order valence-electron chi connectivity index (χ2n) is 5.96. The molecule has 1 saturated heterocycles. The number of piperidine rings is 1. The van der Waals surface area contributed by atoms with Gasteiger partial charge in [0.2, 0.25) is 0 Å². The van der Waals surface area contributed by atoms with Gasteiger partial charge >= 0.3 is 5.97 Å². The highest BCUT2D eigenvalue weighted by atomic mass is 35.5. The fourth-order valence-electron chi connectivity index (χ4n) is 3.11. The van der Waals surface area contributed by atoms with Crippen molar-refractivity contribution in [2.75, 3.05) is 13.1 Å². The molecular formula is C19H20ClNO2. The van der Waals surface area contributed by atoms with Crippen LogP contribution in [0.5, 0.6) is 0 Å². The average Bonchev–Trinajstić information content (AvgIpc) is 2.56. The lowest BCUT2D eigenvalue weighted by Gasteiger charge is -2.37. The number of esters is 1. The van der Waals surface area contributed by atoms with Gasteiger partial charge in [0.05, 0.1) is 5.56 Å². The van der Waals surface area contributed by atoms with Crippen LogP contribution in [-0.2, 0) is 10.3 Å². The van der Waals surface area contributed by atoms with Crippen molar-refractivity contribution in [2.45, 2.75) is 25.4 Å². The minimum atomic E-state index is -0.560. The van der Waals surface area contributed by atoms with Crippen LogP contribution in [0.3, 0.4) is 0 Å². The summed E-state index contributed by atoms with van der Waals surface area (Å²) in [5.74, 6) is -0.287. The van der Waals surface area contributed by atoms with Gasteiger partial charge in [-0.15, -0.1) is 0 Å². The third-order valence-corrected chi connectivity index (χ3v) is 4.64. The first kappa shape index (κ1) is 16.0. The van der Waals surface area contributed by atoms with E-state index in [2.05, 4.69) is 5.32 Å². The van der Waals surface area contributed by atoms with Gasteiger partial charge in [-0.3, -0.25) is 0 Å². The Morgan fingerprint density at radius 1 is 1.13 bits per heavy atom. The third kappa shape index (κ3) is 3.41. The van der Waals surface area contributed by atoms with Crippen LogP contribution in [0, 0.1) is 6.92 Å². The fraction of sp³-hybridized carbons (Fsp3) is 0.316. The van der Waals surface area contributed by atoms with E-state index >= 15 is 0 Å². The predicted molar refractivity (Wildman–Crippen MR) is 91.8 cm³/mol. The highest BCUT2D eigenvalue weighted by Gasteiger charge is 2.38. The fourth-order valence-corrected chi connectivity index (χ4v) is 3.34. The summed E-state index contributed by atoms with van der Waals surface area (Å²) < 4.78 is 6.05. The molecular weight excluding hydrogens is 310 g/mol. The van der Waals surface area contributed by atoms with Crippen LogP contribution in [0.25, 0.3) is 0 Å². The van der Waals surface area contributed by atoms with Crippen LogP contribution in [0.4, 0.5) is 0 Å². The summed E-state index contributed by atoms with van der Waals surface area (Å²) in [7, 11) is 0. The van der Waals surface area contributed by atoms with E-state index in [0.29, 0.717) is 10.6 Å². The quantitative estimate of drug-likeness (QED) is 0.862. The summed E-state index contributed by atoms with van der Waals surface area (Å²) in [6.07, 6.45) is 1.55. The van der Waals surface area contributed by atoms with Gasteiger partial charge in [-0.2, -0.15) is 0 Å². The maximum absolute atomic E-state index is 12.7. The summed E-state index contributed by atoms with van der Waals surface area (Å²) in [4.78, 5) is 12.7. The van der Waals surface area contributed by atoms with Gasteiger partial charge in [-0.25, -0.2) is 4.79 Å². The van der Waals surface area contributed by atoms with Crippen molar-refractivity contribution < 1.29 is 9.53 Å². The lowest BCUT2D eigenvalue weighted by Crippen LogP contribution is -2.43. The number of aryl methyl sites for hydroxylation is 1. The molecule has 23 heavy (non-hydrogen) atoms. The highest BCUT2D eigenvalue weighted by Crippen LogP contribution is 2.36. The molecule has 0 unspecified atom stereocenters. The molecule has 4 heteroatoms. The van der Waals surface area contributed by atoms with E-state index in [1.165, 1.54) is 0 Å². The number of nitrogens with one attached hydrogen (secondary N) is 1. The third-order valence-electron chi connectivity index (χ3n) is 4.41. The largest absolute Gasteiger partial charge is 0.450 e. The van der Waals surface area contributed by atoms with E-state index in [-0.39, 0.29) is 5.97 Å². The maximum Gasteiger partial charge on any atom is 0.339 e. The summed E-state index contributed by atoms with van der Waals surface area (Å²) in [6.45, 7) is 3.55. The molecule has 0 amide bonds. The number of carbonyl (C=O) groups excluding carboxylic acids is 1. The van der Waals surface area contributed by atoms with Crippen LogP contribution in [-0.4, -0.2) is 19.1 Å². The SMILES string of the molecule is Cc1cc(Cl)ccc1C(=O)OC1(c2ccccc2)CCNCC1. The van der Waals surface area contributed by atoms with Crippen LogP contribution in [0.2, 0.25) is 5.02 Å². The Morgan fingerprint density at radius 3 is 2.48 bits per heavy atom. The van der Waals surface area contributed by atoms with E-state index < -0.39 is 5.60 Å². The Bertz CT molecular complexity index is 694. The molecule has 0 aliphatic carbocycles. The van der Waals surface area contributed by atoms with Crippen LogP contribution in [0.1, 0.15) is 34.3 Å². The van der Waals surface area contributed by atoms with E-state index in [1.807, 2.05) is 37.3 Å². The summed E-state index contributed by atoms with van der Waals surface area (Å²) in [5.41, 5.74) is 1.90. The average molecular weight is 330 g/mol. The molecule has 3 nitrogen and oxygen atoms in total. The molecule has 1 N–H and O–H groups in total. The summed E-state index contributed by atoms with van der Waals surface area (Å²) in [5, 5.41) is 3.96. The molecule has 0 aromatic heterocycles. The standard InChI is InChI=1S/C19H20ClNO2/c1-14-13-16(20)7-8-17(14)18(22)23-19(9-11-21-12-10-19)15-5-3-2-4-6-15/h2-8,13,21H,9-12H2,1H3. The van der Waals surface area contributed by atoms with Gasteiger partial charge in [-0.1, -0.05) is 41.9 Å². The van der Waals surface area contributed by atoms with Crippen LogP contribution < -0.4 is 5.32 Å². The first-order valence-corrected chi connectivity index (χ1v) is 8.24. The van der Waals surface area contributed by atoms with E-state index in [4.69, 9.17) is 16.3 Å². The van der Waals surface area contributed by atoms with E-state index in [0.717, 1.165) is 37.1 Å². The molecule has 1 heterocycles. The molecule has 2 aromatic carbocycles. The van der Waals surface area contributed by atoms with Crippen LogP contribution >= 0.6 is 11.6 Å². The van der Waals surface area contributed by atoms with Crippen molar-refractivity contribution in [1.82, 2.24) is 5.32 Å². The van der Waals surface area contributed by atoms with Crippen molar-refractivity contribution >= 4 is 17.6 Å². The summed E-state index contributed by atoms with van der Waals surface area (Å²) in [6, 6.07) is 15.3. The number of halogens is 1. The smallest absolute Gasteiger partial charge is 0.339 e. The topological polar surface area (TPSA) is 38.3 Å². The van der Waals surface area contributed by atoms with Crippen molar-refractivity contribution in [3.8, 4) is 0 Å². The molecule has 1 aliphatic heterocycles. The number of hydrogen-bond donors (Lipinski definition) is 1. The van der Waals surface area contributed by atoms with E-state index in [9.17, 15) is 4.79 Å². The van der Waals surface area contributed by atoms with Gasteiger partial charge in [0, 0.05) is 17.9 Å². The molecule has 1 fully saturated rings. The molecule has 3 rings (SSSR count). The molecule has 0 bridgehead atoms. The van der Waals surface area contributed by atoms with Crippen molar-refractivity contribution in [1.29, 1.82) is 0 Å². The summed E-state index contributed by atoms with van der Waals surface area (Å²) >= 11 is 5.98. The highest BCUT2D eigenvalue weighted by molar-refractivity contribution is 6.30. The minimum absolute atomic E-state index is 0.287. The van der Waals surface area contributed by atoms with Gasteiger partial charge in [0.15, 0.2) is 0 Å². The van der Waals surface area contributed by atoms with Gasteiger partial charge < -0.3 is 10.1 Å². The zero-order valence-electron chi connectivity index (χ0n) is 13.1. The molecule has 0 saturated carbocycles. The second kappa shape index (κ2) is 6.73. The molecule has 0 radical (unpaired) electrons. The number of hydrogen-bond acceptors (Lipinski definition) is 3. The predicted octanol–water partition coefficient (Wildman–Crippen LogP) is 4.08. The van der Waals surface area contributed by atoms with Crippen molar-refractivity contribution in [3.63, 3.8) is 0 Å². The Kier molecular flexibility index (Phi) is 4.69. The Hall–Kier alpha value is -1.84. The van der Waals surface area contributed by atoms with Crippen molar-refractivity contribution in [2.24, 2.45) is 0 Å². The van der Waals surface area contributed by atoms with Gasteiger partial charge in [0.1, 0.15) is 5.60 Å². The van der Waals surface area contributed by atoms with Gasteiger partial charge in [-0.05, 0) is 49.3 Å². The Labute approximate surface area is 141 Å². The number of benzene rings is 2. The molecule has 2 aromatic rings. The number of rotatable bonds is 3. The zero-order chi connectivity index (χ0) is 16.3. The Morgan fingerprint density at radius 2 is 1.83 bits per heavy atom. The van der Waals surface area contributed by atoms with E-state index in [1.54, 1.807) is 18.2 Å². The van der Waals surface area contributed by atoms with Crippen LogP contribution in [0.15, 0.2) is 48.5 Å². The first-order chi connectivity index (χ1) is 11.1. The minimum Gasteiger partial charge on any atom is -0.450 e. The van der Waals surface area contributed by atoms with Gasteiger partial charge in [0.25, 0.3) is 0 Å². The number of ether oxygens (including phenoxy) is 1. The lowest BCUT2D eigenvalue weighted by atomic mass is 9.84. The molecule has 120 valence electrons. The monoisotopic (exact) mass is 329 g/mol. The first-order valence-electron chi connectivity index (χ1n) is 7.86. The molecule has 0 spiro atoms. The molecule has 0 atom stereocenters. The maximum atomic E-state index is 12.7.